The van der Waals surface area contributed by atoms with Crippen molar-refractivity contribution in [3.8, 4) is 0 Å². The molecule has 1 aliphatic heterocycles. The van der Waals surface area contributed by atoms with E-state index in [9.17, 15) is 24.8 Å². The van der Waals surface area contributed by atoms with Crippen LogP contribution in [0.25, 0.3) is 5.76 Å². The molecule has 0 bridgehead atoms. The fraction of sp³-hybridized carbons (Fsp3) is 0.333. The van der Waals surface area contributed by atoms with Gasteiger partial charge in [-0.15, -0.1) is 0 Å². The van der Waals surface area contributed by atoms with Gasteiger partial charge in [0.25, 0.3) is 17.4 Å². The summed E-state index contributed by atoms with van der Waals surface area (Å²) in [5, 5.41) is 22.0. The van der Waals surface area contributed by atoms with E-state index < -0.39 is 22.7 Å². The second-order valence-electron chi connectivity index (χ2n) is 7.59. The highest BCUT2D eigenvalue weighted by Crippen LogP contribution is 2.39. The van der Waals surface area contributed by atoms with Gasteiger partial charge in [0, 0.05) is 24.2 Å². The van der Waals surface area contributed by atoms with Crippen molar-refractivity contribution in [2.45, 2.75) is 26.3 Å². The molecule has 2 aromatic rings. The van der Waals surface area contributed by atoms with Gasteiger partial charge in [-0.05, 0) is 43.8 Å². The Morgan fingerprint density at radius 2 is 1.69 bits per heavy atom. The molecule has 1 fully saturated rings. The Morgan fingerprint density at radius 3 is 2.25 bits per heavy atom. The second-order valence-corrected chi connectivity index (χ2v) is 7.59. The number of nitro groups is 1. The number of aliphatic hydroxyl groups excluding tert-OH is 1. The van der Waals surface area contributed by atoms with Crippen LogP contribution in [0, 0.1) is 10.1 Å². The Hall–Kier alpha value is -3.52. The van der Waals surface area contributed by atoms with E-state index in [4.69, 9.17) is 0 Å². The van der Waals surface area contributed by atoms with E-state index in [0.29, 0.717) is 24.1 Å². The van der Waals surface area contributed by atoms with Gasteiger partial charge in [-0.3, -0.25) is 19.7 Å². The normalized spacial score (nSPS) is 17.8. The van der Waals surface area contributed by atoms with E-state index in [1.807, 2.05) is 0 Å². The molecule has 0 spiro atoms. The molecule has 0 aliphatic carbocycles. The largest absolute Gasteiger partial charge is 0.507 e. The monoisotopic (exact) mass is 437 g/mol. The van der Waals surface area contributed by atoms with E-state index in [0.717, 1.165) is 19.6 Å². The third kappa shape index (κ3) is 4.70. The van der Waals surface area contributed by atoms with Crippen molar-refractivity contribution >= 4 is 23.1 Å². The summed E-state index contributed by atoms with van der Waals surface area (Å²) in [5.74, 6) is -1.68. The summed E-state index contributed by atoms with van der Waals surface area (Å²) in [4.78, 5) is 40.1. The number of likely N-dealkylation sites (tertiary alicyclic amines) is 1. The predicted molar refractivity (Wildman–Crippen MR) is 121 cm³/mol. The molecule has 1 amide bonds. The van der Waals surface area contributed by atoms with Gasteiger partial charge in [-0.1, -0.05) is 44.2 Å². The van der Waals surface area contributed by atoms with E-state index in [2.05, 4.69) is 18.7 Å². The van der Waals surface area contributed by atoms with Crippen LogP contribution in [0.15, 0.2) is 60.2 Å². The molecule has 3 rings (SSSR count). The summed E-state index contributed by atoms with van der Waals surface area (Å²) < 4.78 is 0. The van der Waals surface area contributed by atoms with Crippen molar-refractivity contribution in [1.82, 2.24) is 9.80 Å². The number of carbonyl (C=O) groups excluding carboxylic acids is 2. The van der Waals surface area contributed by atoms with Gasteiger partial charge < -0.3 is 14.9 Å². The maximum absolute atomic E-state index is 13.0. The molecule has 0 radical (unpaired) electrons. The minimum Gasteiger partial charge on any atom is -0.507 e. The minimum atomic E-state index is -0.812. The number of benzene rings is 2. The Kier molecular flexibility index (Phi) is 7.37. The van der Waals surface area contributed by atoms with Crippen LogP contribution in [0.2, 0.25) is 0 Å². The smallest absolute Gasteiger partial charge is 0.295 e. The van der Waals surface area contributed by atoms with Crippen molar-refractivity contribution < 1.29 is 19.6 Å². The van der Waals surface area contributed by atoms with E-state index in [1.54, 1.807) is 30.3 Å². The van der Waals surface area contributed by atoms with Crippen LogP contribution in [0.3, 0.4) is 0 Å². The Morgan fingerprint density at radius 1 is 1.06 bits per heavy atom. The average molecular weight is 437 g/mol. The summed E-state index contributed by atoms with van der Waals surface area (Å²) in [5.41, 5.74) is 0.879. The maximum atomic E-state index is 13.0. The number of Topliss-reactive ketones (excluding diaryl/α,β-unsaturated/α-hetero) is 1. The molecule has 8 heteroatoms. The molecule has 0 saturated carbocycles. The van der Waals surface area contributed by atoms with Gasteiger partial charge >= 0.3 is 0 Å². The molecule has 1 atom stereocenters. The molecule has 32 heavy (non-hydrogen) atoms. The van der Waals surface area contributed by atoms with Crippen molar-refractivity contribution in [2.24, 2.45) is 0 Å². The zero-order valence-corrected chi connectivity index (χ0v) is 18.2. The lowest BCUT2D eigenvalue weighted by atomic mass is 9.95. The van der Waals surface area contributed by atoms with Gasteiger partial charge in [-0.2, -0.15) is 0 Å². The van der Waals surface area contributed by atoms with Gasteiger partial charge in [0.1, 0.15) is 5.76 Å². The Bertz CT molecular complexity index is 1010. The van der Waals surface area contributed by atoms with Crippen LogP contribution in [0.5, 0.6) is 0 Å². The number of nitrogens with zero attached hydrogens (tertiary/aromatic N) is 3. The Balaban J connectivity index is 2.02. The van der Waals surface area contributed by atoms with Crippen molar-refractivity contribution in [3.63, 3.8) is 0 Å². The molecule has 0 aromatic heterocycles. The first-order valence-electron chi connectivity index (χ1n) is 10.7. The lowest BCUT2D eigenvalue weighted by Gasteiger charge is -2.26. The molecular formula is C24H27N3O5. The molecule has 8 nitrogen and oxygen atoms in total. The summed E-state index contributed by atoms with van der Waals surface area (Å²) in [6, 6.07) is 13.5. The van der Waals surface area contributed by atoms with E-state index in [-0.39, 0.29) is 17.0 Å². The third-order valence-electron chi connectivity index (χ3n) is 5.77. The van der Waals surface area contributed by atoms with Crippen LogP contribution in [0.4, 0.5) is 5.69 Å². The van der Waals surface area contributed by atoms with Gasteiger partial charge in [0.15, 0.2) is 0 Å². The molecular weight excluding hydrogens is 410 g/mol. The summed E-state index contributed by atoms with van der Waals surface area (Å²) in [6.45, 7) is 6.99. The zero-order valence-electron chi connectivity index (χ0n) is 18.2. The van der Waals surface area contributed by atoms with Gasteiger partial charge in [0.05, 0.1) is 16.5 Å². The highest BCUT2D eigenvalue weighted by atomic mass is 16.6. The van der Waals surface area contributed by atoms with Crippen LogP contribution < -0.4 is 0 Å². The molecule has 168 valence electrons. The molecule has 1 N–H and O–H groups in total. The fourth-order valence-electron chi connectivity index (χ4n) is 3.99. The first-order chi connectivity index (χ1) is 15.4. The number of rotatable bonds is 9. The third-order valence-corrected chi connectivity index (χ3v) is 5.77. The molecule has 1 unspecified atom stereocenters. The van der Waals surface area contributed by atoms with Crippen LogP contribution >= 0.6 is 0 Å². The number of carbonyl (C=O) groups is 2. The van der Waals surface area contributed by atoms with Gasteiger partial charge in [-0.25, -0.2) is 0 Å². The summed E-state index contributed by atoms with van der Waals surface area (Å²) in [7, 11) is 0. The number of aliphatic hydroxyl groups is 1. The summed E-state index contributed by atoms with van der Waals surface area (Å²) in [6.07, 6.45) is 0.656. The minimum absolute atomic E-state index is 0.00195. The lowest BCUT2D eigenvalue weighted by Crippen LogP contribution is -2.33. The average Bonchev–Trinajstić information content (AvgIpc) is 3.07. The number of amides is 1. The van der Waals surface area contributed by atoms with Crippen LogP contribution in [0.1, 0.15) is 37.4 Å². The molecule has 1 saturated heterocycles. The standard InChI is InChI=1S/C24H27N3O5/c1-3-25(4-2)15-8-16-26-21(17-11-13-19(14-12-17)27(31)32)20(23(29)24(26)30)22(28)18-9-6-5-7-10-18/h5-7,9-14,21,28H,3-4,8,15-16H2,1-2H3/b22-20-. The van der Waals surface area contributed by atoms with E-state index in [1.165, 1.54) is 29.2 Å². The summed E-state index contributed by atoms with van der Waals surface area (Å²) >= 11 is 0. The van der Waals surface area contributed by atoms with Crippen LogP contribution in [-0.4, -0.2) is 57.7 Å². The molecule has 2 aromatic carbocycles. The highest BCUT2D eigenvalue weighted by Gasteiger charge is 2.45. The number of hydrogen-bond acceptors (Lipinski definition) is 6. The predicted octanol–water partition coefficient (Wildman–Crippen LogP) is 3.75. The van der Waals surface area contributed by atoms with Crippen molar-refractivity contribution in [3.05, 3.63) is 81.4 Å². The zero-order chi connectivity index (χ0) is 23.3. The number of non-ortho nitro benzene ring substituents is 1. The SMILES string of the molecule is CCN(CC)CCCN1C(=O)C(=O)/C(=C(\O)c2ccccc2)C1c1ccc([N+](=O)[O-])cc1. The number of ketones is 1. The van der Waals surface area contributed by atoms with Crippen molar-refractivity contribution in [1.29, 1.82) is 0 Å². The topological polar surface area (TPSA) is 104 Å². The Labute approximate surface area is 186 Å². The second kappa shape index (κ2) is 10.2. The molecule has 1 aliphatic rings. The molecule has 1 heterocycles. The first kappa shape index (κ1) is 23.1. The number of hydrogen-bond donors (Lipinski definition) is 1. The van der Waals surface area contributed by atoms with Gasteiger partial charge in [0.2, 0.25) is 0 Å². The maximum Gasteiger partial charge on any atom is 0.295 e. The first-order valence-corrected chi connectivity index (χ1v) is 10.7. The van der Waals surface area contributed by atoms with E-state index >= 15 is 0 Å². The number of nitro benzene ring substituents is 1. The quantitative estimate of drug-likeness (QED) is 0.211. The van der Waals surface area contributed by atoms with Crippen molar-refractivity contribution in [2.75, 3.05) is 26.2 Å². The van der Waals surface area contributed by atoms with Crippen LogP contribution in [-0.2, 0) is 9.59 Å². The fourth-order valence-corrected chi connectivity index (χ4v) is 3.99. The highest BCUT2D eigenvalue weighted by molar-refractivity contribution is 6.46. The lowest BCUT2D eigenvalue weighted by molar-refractivity contribution is -0.384.